The van der Waals surface area contributed by atoms with Gasteiger partial charge in [-0.3, -0.25) is 4.79 Å². The van der Waals surface area contributed by atoms with E-state index in [-0.39, 0.29) is 11.6 Å². The molecule has 6 nitrogen and oxygen atoms in total. The molecule has 2 rings (SSSR count). The molecular weight excluding hydrogens is 336 g/mol. The zero-order valence-corrected chi connectivity index (χ0v) is 13.3. The number of rotatable bonds is 5. The maximum absolute atomic E-state index is 12.1. The van der Waals surface area contributed by atoms with Crippen LogP contribution in [0.4, 0.5) is 11.5 Å². The van der Waals surface area contributed by atoms with Gasteiger partial charge in [-0.05, 0) is 31.2 Å². The molecule has 0 aliphatic carbocycles. The number of ether oxygens (including phenoxy) is 1. The van der Waals surface area contributed by atoms with Gasteiger partial charge in [0.25, 0.3) is 5.91 Å². The molecule has 0 fully saturated rings. The molecule has 1 amide bonds. The number of carbonyl (C=O) groups is 1. The van der Waals surface area contributed by atoms with Gasteiger partial charge in [0.1, 0.15) is 11.6 Å². The standard InChI is InChI=1S/C14H15BrN4O2/c1-3-16-13-5-4-12(18-19-13)14(20)17-10-6-9(15)7-11(8-10)21-2/h4-8H,3H2,1-2H3,(H,16,19)(H,17,20). The van der Waals surface area contributed by atoms with Gasteiger partial charge < -0.3 is 15.4 Å². The van der Waals surface area contributed by atoms with E-state index in [2.05, 4.69) is 36.8 Å². The molecule has 1 heterocycles. The van der Waals surface area contributed by atoms with Crippen molar-refractivity contribution in [2.45, 2.75) is 6.92 Å². The molecule has 0 aliphatic rings. The fraction of sp³-hybridized carbons (Fsp3) is 0.214. The van der Waals surface area contributed by atoms with Crippen molar-refractivity contribution in [3.05, 3.63) is 40.5 Å². The summed E-state index contributed by atoms with van der Waals surface area (Å²) < 4.78 is 5.96. The number of aromatic nitrogens is 2. The lowest BCUT2D eigenvalue weighted by molar-refractivity contribution is 0.102. The van der Waals surface area contributed by atoms with E-state index in [1.165, 1.54) is 0 Å². The van der Waals surface area contributed by atoms with Gasteiger partial charge in [-0.15, -0.1) is 10.2 Å². The second-order valence-corrected chi connectivity index (χ2v) is 5.08. The Morgan fingerprint density at radius 1 is 1.29 bits per heavy atom. The van der Waals surface area contributed by atoms with E-state index < -0.39 is 0 Å². The van der Waals surface area contributed by atoms with Crippen molar-refractivity contribution in [3.8, 4) is 5.75 Å². The molecule has 110 valence electrons. The molecule has 0 aliphatic heterocycles. The van der Waals surface area contributed by atoms with E-state index in [0.29, 0.717) is 17.3 Å². The highest BCUT2D eigenvalue weighted by molar-refractivity contribution is 9.10. The lowest BCUT2D eigenvalue weighted by Gasteiger charge is -2.08. The molecule has 0 saturated carbocycles. The fourth-order valence-electron chi connectivity index (χ4n) is 1.68. The number of halogens is 1. The Labute approximate surface area is 131 Å². The van der Waals surface area contributed by atoms with Crippen molar-refractivity contribution in [2.75, 3.05) is 24.3 Å². The van der Waals surface area contributed by atoms with Crippen LogP contribution >= 0.6 is 15.9 Å². The summed E-state index contributed by atoms with van der Waals surface area (Å²) in [4.78, 5) is 12.1. The molecule has 21 heavy (non-hydrogen) atoms. The minimum Gasteiger partial charge on any atom is -0.497 e. The summed E-state index contributed by atoms with van der Waals surface area (Å²) >= 11 is 3.36. The largest absolute Gasteiger partial charge is 0.497 e. The Bertz CT molecular complexity index is 631. The highest BCUT2D eigenvalue weighted by Gasteiger charge is 2.10. The van der Waals surface area contributed by atoms with Crippen LogP contribution in [0, 0.1) is 0 Å². The number of nitrogens with zero attached hydrogens (tertiary/aromatic N) is 2. The quantitative estimate of drug-likeness (QED) is 0.866. The average Bonchev–Trinajstić information content (AvgIpc) is 2.47. The zero-order chi connectivity index (χ0) is 15.2. The molecular formula is C14H15BrN4O2. The van der Waals surface area contributed by atoms with Crippen LogP contribution in [0.25, 0.3) is 0 Å². The van der Waals surface area contributed by atoms with Crippen LogP contribution in [0.3, 0.4) is 0 Å². The molecule has 1 aromatic heterocycles. The van der Waals surface area contributed by atoms with Crippen LogP contribution in [0.1, 0.15) is 17.4 Å². The Kier molecular flexibility index (Phi) is 5.10. The topological polar surface area (TPSA) is 76.1 Å². The minimum atomic E-state index is -0.328. The summed E-state index contributed by atoms with van der Waals surface area (Å²) in [6.07, 6.45) is 0. The van der Waals surface area contributed by atoms with Gasteiger partial charge in [0.05, 0.1) is 7.11 Å². The van der Waals surface area contributed by atoms with Crippen LogP contribution in [-0.2, 0) is 0 Å². The predicted octanol–water partition coefficient (Wildman–Crippen LogP) is 2.93. The first-order valence-electron chi connectivity index (χ1n) is 6.36. The van der Waals surface area contributed by atoms with Gasteiger partial charge in [0.15, 0.2) is 5.69 Å². The molecule has 2 N–H and O–H groups in total. The van der Waals surface area contributed by atoms with Gasteiger partial charge in [0, 0.05) is 22.8 Å². The summed E-state index contributed by atoms with van der Waals surface area (Å²) in [6, 6.07) is 8.65. The van der Waals surface area contributed by atoms with Crippen molar-refractivity contribution in [3.63, 3.8) is 0 Å². The number of anilines is 2. The SMILES string of the molecule is CCNc1ccc(C(=O)Nc2cc(Br)cc(OC)c2)nn1. The van der Waals surface area contributed by atoms with Crippen molar-refractivity contribution in [1.82, 2.24) is 10.2 Å². The minimum absolute atomic E-state index is 0.246. The van der Waals surface area contributed by atoms with E-state index in [1.807, 2.05) is 6.92 Å². The van der Waals surface area contributed by atoms with E-state index in [4.69, 9.17) is 4.74 Å². The van der Waals surface area contributed by atoms with Crippen molar-refractivity contribution >= 4 is 33.3 Å². The molecule has 0 saturated heterocycles. The first-order chi connectivity index (χ1) is 10.1. The molecule has 0 radical (unpaired) electrons. The number of amides is 1. The first kappa shape index (κ1) is 15.2. The molecule has 1 aromatic carbocycles. The maximum Gasteiger partial charge on any atom is 0.276 e. The second kappa shape index (κ2) is 7.03. The van der Waals surface area contributed by atoms with E-state index in [0.717, 1.165) is 11.0 Å². The maximum atomic E-state index is 12.1. The number of hydrogen-bond donors (Lipinski definition) is 2. The summed E-state index contributed by atoms with van der Waals surface area (Å²) in [6.45, 7) is 2.71. The van der Waals surface area contributed by atoms with E-state index in [1.54, 1.807) is 37.4 Å². The Balaban J connectivity index is 2.12. The zero-order valence-electron chi connectivity index (χ0n) is 11.7. The average molecular weight is 351 g/mol. The van der Waals surface area contributed by atoms with Gasteiger partial charge in [-0.25, -0.2) is 0 Å². The van der Waals surface area contributed by atoms with Crippen LogP contribution in [0.5, 0.6) is 5.75 Å². The lowest BCUT2D eigenvalue weighted by atomic mass is 10.3. The summed E-state index contributed by atoms with van der Waals surface area (Å²) in [5, 5.41) is 13.6. The van der Waals surface area contributed by atoms with Crippen molar-refractivity contribution in [1.29, 1.82) is 0 Å². The summed E-state index contributed by atoms with van der Waals surface area (Å²) in [5.74, 6) is 0.956. The smallest absolute Gasteiger partial charge is 0.276 e. The molecule has 0 spiro atoms. The third kappa shape index (κ3) is 4.16. The number of benzene rings is 1. The number of nitrogens with one attached hydrogen (secondary N) is 2. The third-order valence-corrected chi connectivity index (χ3v) is 3.08. The predicted molar refractivity (Wildman–Crippen MR) is 84.8 cm³/mol. The first-order valence-corrected chi connectivity index (χ1v) is 7.15. The highest BCUT2D eigenvalue weighted by Crippen LogP contribution is 2.24. The normalized spacial score (nSPS) is 10.0. The van der Waals surface area contributed by atoms with Crippen LogP contribution in [0.2, 0.25) is 0 Å². The van der Waals surface area contributed by atoms with Crippen LogP contribution in [0.15, 0.2) is 34.8 Å². The van der Waals surface area contributed by atoms with Gasteiger partial charge in [-0.2, -0.15) is 0 Å². The van der Waals surface area contributed by atoms with Crippen LogP contribution < -0.4 is 15.4 Å². The Morgan fingerprint density at radius 3 is 2.71 bits per heavy atom. The Morgan fingerprint density at radius 2 is 2.10 bits per heavy atom. The van der Waals surface area contributed by atoms with Crippen molar-refractivity contribution < 1.29 is 9.53 Å². The van der Waals surface area contributed by atoms with Gasteiger partial charge in [0.2, 0.25) is 0 Å². The third-order valence-electron chi connectivity index (χ3n) is 2.62. The number of methoxy groups -OCH3 is 1. The molecule has 0 atom stereocenters. The summed E-state index contributed by atoms with van der Waals surface area (Å²) in [7, 11) is 1.57. The second-order valence-electron chi connectivity index (χ2n) is 4.17. The molecule has 7 heteroatoms. The molecule has 2 aromatic rings. The lowest BCUT2D eigenvalue weighted by Crippen LogP contribution is -2.15. The van der Waals surface area contributed by atoms with Crippen molar-refractivity contribution in [2.24, 2.45) is 0 Å². The van der Waals surface area contributed by atoms with Crippen LogP contribution in [-0.4, -0.2) is 29.8 Å². The fourth-order valence-corrected chi connectivity index (χ4v) is 2.15. The van der Waals surface area contributed by atoms with E-state index in [9.17, 15) is 4.79 Å². The molecule has 0 bridgehead atoms. The number of carbonyl (C=O) groups excluding carboxylic acids is 1. The Hall–Kier alpha value is -2.15. The monoisotopic (exact) mass is 350 g/mol. The van der Waals surface area contributed by atoms with Gasteiger partial charge in [-0.1, -0.05) is 15.9 Å². The molecule has 0 unspecified atom stereocenters. The summed E-state index contributed by atoms with van der Waals surface area (Å²) in [5.41, 5.74) is 0.861. The number of hydrogen-bond acceptors (Lipinski definition) is 5. The highest BCUT2D eigenvalue weighted by atomic mass is 79.9. The van der Waals surface area contributed by atoms with E-state index >= 15 is 0 Å². The van der Waals surface area contributed by atoms with Gasteiger partial charge >= 0.3 is 0 Å².